The highest BCUT2D eigenvalue weighted by atomic mass is 16.6. The molecule has 0 aromatic rings. The maximum atomic E-state index is 10.6. The molecule has 58 valence electrons. The third-order valence-electron chi connectivity index (χ3n) is 1.86. The van der Waals surface area contributed by atoms with E-state index in [9.17, 15) is 4.79 Å². The number of hydrogen-bond donors (Lipinski definition) is 1. The molecule has 10 heavy (non-hydrogen) atoms. The number of esters is 1. The van der Waals surface area contributed by atoms with Crippen LogP contribution < -0.4 is 0 Å². The van der Waals surface area contributed by atoms with Gasteiger partial charge in [-0.25, -0.2) is 0 Å². The fourth-order valence-corrected chi connectivity index (χ4v) is 1.16. The highest BCUT2D eigenvalue weighted by Crippen LogP contribution is 2.28. The molecule has 0 aromatic carbocycles. The average Bonchev–Trinajstić information content (AvgIpc) is 2.12. The molecule has 0 unspecified atom stereocenters. The first-order valence-corrected chi connectivity index (χ1v) is 3.49. The molecule has 0 spiro atoms. The first kappa shape index (κ1) is 7.54. The fourth-order valence-electron chi connectivity index (χ4n) is 1.16. The Labute approximate surface area is 60.0 Å². The van der Waals surface area contributed by atoms with Gasteiger partial charge in [0.2, 0.25) is 0 Å². The van der Waals surface area contributed by atoms with Crippen LogP contribution in [0.25, 0.3) is 0 Å². The van der Waals surface area contributed by atoms with Crippen LogP contribution in [0.4, 0.5) is 0 Å². The molecule has 1 saturated heterocycles. The second kappa shape index (κ2) is 2.58. The van der Waals surface area contributed by atoms with Crippen molar-refractivity contribution in [1.29, 1.82) is 0 Å². The van der Waals surface area contributed by atoms with Crippen molar-refractivity contribution in [2.24, 2.45) is 0 Å². The van der Waals surface area contributed by atoms with Crippen molar-refractivity contribution in [2.75, 3.05) is 6.61 Å². The molecule has 0 aliphatic carbocycles. The zero-order chi connectivity index (χ0) is 7.61. The largest absolute Gasteiger partial charge is 0.459 e. The second-order valence-electron chi connectivity index (χ2n) is 2.90. The molecule has 0 radical (unpaired) electrons. The van der Waals surface area contributed by atoms with Crippen molar-refractivity contribution < 1.29 is 14.6 Å². The SMILES string of the molecule is C[C@@]1(CCO)CCC(=O)O1. The summed E-state index contributed by atoms with van der Waals surface area (Å²) >= 11 is 0. The lowest BCUT2D eigenvalue weighted by atomic mass is 9.99. The molecule has 0 saturated carbocycles. The quantitative estimate of drug-likeness (QED) is 0.573. The molecule has 3 heteroatoms. The number of ether oxygens (including phenoxy) is 1. The Hall–Kier alpha value is -0.570. The van der Waals surface area contributed by atoms with E-state index in [1.165, 1.54) is 0 Å². The van der Waals surface area contributed by atoms with Crippen LogP contribution in [-0.2, 0) is 9.53 Å². The summed E-state index contributed by atoms with van der Waals surface area (Å²) in [6.45, 7) is 1.94. The summed E-state index contributed by atoms with van der Waals surface area (Å²) in [7, 11) is 0. The first-order valence-electron chi connectivity index (χ1n) is 3.49. The van der Waals surface area contributed by atoms with Crippen LogP contribution in [0.5, 0.6) is 0 Å². The molecule has 1 N–H and O–H groups in total. The van der Waals surface area contributed by atoms with Gasteiger partial charge in [-0.15, -0.1) is 0 Å². The molecule has 1 rings (SSSR count). The number of hydrogen-bond acceptors (Lipinski definition) is 3. The maximum absolute atomic E-state index is 10.6. The highest BCUT2D eigenvalue weighted by Gasteiger charge is 2.34. The zero-order valence-corrected chi connectivity index (χ0v) is 6.09. The molecule has 3 nitrogen and oxygen atoms in total. The predicted molar refractivity (Wildman–Crippen MR) is 35.4 cm³/mol. The number of aliphatic hydroxyl groups excluding tert-OH is 1. The highest BCUT2D eigenvalue weighted by molar-refractivity contribution is 5.72. The van der Waals surface area contributed by atoms with Gasteiger partial charge in [-0.2, -0.15) is 0 Å². The molecule has 1 heterocycles. The van der Waals surface area contributed by atoms with Crippen LogP contribution in [0.2, 0.25) is 0 Å². The zero-order valence-electron chi connectivity index (χ0n) is 6.09. The van der Waals surface area contributed by atoms with E-state index in [-0.39, 0.29) is 18.2 Å². The van der Waals surface area contributed by atoms with E-state index >= 15 is 0 Å². The van der Waals surface area contributed by atoms with Gasteiger partial charge in [0.05, 0.1) is 0 Å². The van der Waals surface area contributed by atoms with Crippen molar-refractivity contribution in [3.8, 4) is 0 Å². The minimum absolute atomic E-state index is 0.0871. The van der Waals surface area contributed by atoms with Crippen LogP contribution in [-0.4, -0.2) is 23.3 Å². The number of aliphatic hydroxyl groups is 1. The van der Waals surface area contributed by atoms with Crippen molar-refractivity contribution in [2.45, 2.75) is 31.8 Å². The Bertz CT molecular complexity index is 144. The third kappa shape index (κ3) is 1.48. The normalized spacial score (nSPS) is 32.4. The fraction of sp³-hybridized carbons (Fsp3) is 0.857. The van der Waals surface area contributed by atoms with Gasteiger partial charge in [-0.3, -0.25) is 4.79 Å². The minimum Gasteiger partial charge on any atom is -0.459 e. The summed E-state index contributed by atoms with van der Waals surface area (Å²) in [5.74, 6) is -0.143. The molecule has 1 atom stereocenters. The summed E-state index contributed by atoms with van der Waals surface area (Å²) in [5.41, 5.74) is -0.383. The van der Waals surface area contributed by atoms with E-state index in [4.69, 9.17) is 9.84 Å². The Morgan fingerprint density at radius 3 is 2.90 bits per heavy atom. The van der Waals surface area contributed by atoms with Crippen LogP contribution >= 0.6 is 0 Å². The summed E-state index contributed by atoms with van der Waals surface area (Å²) in [6, 6.07) is 0. The van der Waals surface area contributed by atoms with Crippen LogP contribution in [0.1, 0.15) is 26.2 Å². The molecule has 0 amide bonds. The van der Waals surface area contributed by atoms with E-state index in [0.717, 1.165) is 6.42 Å². The van der Waals surface area contributed by atoms with Gasteiger partial charge in [-0.1, -0.05) is 0 Å². The van der Waals surface area contributed by atoms with Gasteiger partial charge in [-0.05, 0) is 13.3 Å². The summed E-state index contributed by atoms with van der Waals surface area (Å²) < 4.78 is 4.99. The molecular formula is C7H12O3. The predicted octanol–water partition coefficient (Wildman–Crippen LogP) is 0.464. The van der Waals surface area contributed by atoms with Gasteiger partial charge in [0, 0.05) is 19.4 Å². The van der Waals surface area contributed by atoms with Crippen molar-refractivity contribution in [1.82, 2.24) is 0 Å². The van der Waals surface area contributed by atoms with Crippen molar-refractivity contribution in [3.63, 3.8) is 0 Å². The van der Waals surface area contributed by atoms with E-state index < -0.39 is 0 Å². The lowest BCUT2D eigenvalue weighted by Gasteiger charge is -2.20. The van der Waals surface area contributed by atoms with Crippen molar-refractivity contribution in [3.05, 3.63) is 0 Å². The molecule has 1 fully saturated rings. The van der Waals surface area contributed by atoms with Crippen molar-refractivity contribution >= 4 is 5.97 Å². The monoisotopic (exact) mass is 144 g/mol. The smallest absolute Gasteiger partial charge is 0.306 e. The van der Waals surface area contributed by atoms with E-state index in [2.05, 4.69) is 0 Å². The maximum Gasteiger partial charge on any atom is 0.306 e. The van der Waals surface area contributed by atoms with Crippen LogP contribution in [0, 0.1) is 0 Å². The van der Waals surface area contributed by atoms with Gasteiger partial charge < -0.3 is 9.84 Å². The summed E-state index contributed by atoms with van der Waals surface area (Å²) in [5, 5.41) is 8.59. The first-order chi connectivity index (χ1) is 4.66. The Morgan fingerprint density at radius 2 is 2.50 bits per heavy atom. The summed E-state index contributed by atoms with van der Waals surface area (Å²) in [4.78, 5) is 10.6. The van der Waals surface area contributed by atoms with Crippen LogP contribution in [0.15, 0.2) is 0 Å². The lowest BCUT2D eigenvalue weighted by molar-refractivity contribution is -0.148. The van der Waals surface area contributed by atoms with E-state index in [1.807, 2.05) is 6.92 Å². The average molecular weight is 144 g/mol. The Balaban J connectivity index is 2.46. The topological polar surface area (TPSA) is 46.5 Å². The third-order valence-corrected chi connectivity index (χ3v) is 1.86. The standard InChI is InChI=1S/C7H12O3/c1-7(4-5-8)3-2-6(9)10-7/h8H,2-5H2,1H3/t7-/m0/s1. The van der Waals surface area contributed by atoms with Gasteiger partial charge in [0.15, 0.2) is 0 Å². The summed E-state index contributed by atoms with van der Waals surface area (Å²) in [6.07, 6.45) is 1.79. The molecule has 1 aliphatic rings. The van der Waals surface area contributed by atoms with E-state index in [0.29, 0.717) is 12.8 Å². The number of cyclic esters (lactones) is 1. The molecule has 1 aliphatic heterocycles. The number of rotatable bonds is 2. The van der Waals surface area contributed by atoms with Gasteiger partial charge in [0.1, 0.15) is 5.60 Å². The molecule has 0 bridgehead atoms. The second-order valence-corrected chi connectivity index (χ2v) is 2.90. The molecular weight excluding hydrogens is 132 g/mol. The molecule has 0 aromatic heterocycles. The Kier molecular flexibility index (Phi) is 1.94. The lowest BCUT2D eigenvalue weighted by Crippen LogP contribution is -2.24. The van der Waals surface area contributed by atoms with Gasteiger partial charge >= 0.3 is 5.97 Å². The number of carbonyl (C=O) groups is 1. The number of carbonyl (C=O) groups excluding carboxylic acids is 1. The Morgan fingerprint density at radius 1 is 1.80 bits per heavy atom. The van der Waals surface area contributed by atoms with E-state index in [1.54, 1.807) is 0 Å². The van der Waals surface area contributed by atoms with Crippen LogP contribution in [0.3, 0.4) is 0 Å². The minimum atomic E-state index is -0.383. The van der Waals surface area contributed by atoms with Gasteiger partial charge in [0.25, 0.3) is 0 Å².